The van der Waals surface area contributed by atoms with Crippen LogP contribution in [0.3, 0.4) is 0 Å². The number of alkyl halides is 3. The van der Waals surface area contributed by atoms with Crippen molar-refractivity contribution in [1.29, 1.82) is 0 Å². The zero-order valence-electron chi connectivity index (χ0n) is 20.7. The van der Waals surface area contributed by atoms with E-state index < -0.39 is 36.1 Å². The number of aliphatic hydroxyl groups is 1. The number of fused-ring (bicyclic) bond motifs is 1. The van der Waals surface area contributed by atoms with Gasteiger partial charge in [-0.15, -0.1) is 5.10 Å². The number of rotatable bonds is 7. The maximum Gasteiger partial charge on any atom is 0.425 e. The number of hydrogen-bond donors (Lipinski definition) is 2. The topological polar surface area (TPSA) is 112 Å². The van der Waals surface area contributed by atoms with Gasteiger partial charge in [-0.05, 0) is 39.3 Å². The minimum absolute atomic E-state index is 0.0342. The van der Waals surface area contributed by atoms with Gasteiger partial charge in [-0.3, -0.25) is 14.2 Å². The molecule has 0 aliphatic rings. The molecular formula is C23H25F4N7O3. The van der Waals surface area contributed by atoms with Crippen molar-refractivity contribution in [2.75, 3.05) is 5.32 Å². The second-order valence-corrected chi connectivity index (χ2v) is 8.43. The number of anilines is 2. The van der Waals surface area contributed by atoms with Gasteiger partial charge in [0.25, 0.3) is 0 Å². The third-order valence-corrected chi connectivity index (χ3v) is 5.98. The normalized spacial score (nSPS) is 12.8. The number of aromatic nitrogens is 6. The molecule has 0 unspecified atom stereocenters. The third-order valence-electron chi connectivity index (χ3n) is 5.98. The number of halogens is 4. The van der Waals surface area contributed by atoms with Gasteiger partial charge in [-0.1, -0.05) is 0 Å². The number of pyridine rings is 1. The van der Waals surface area contributed by atoms with Crippen molar-refractivity contribution in [3.63, 3.8) is 0 Å². The van der Waals surface area contributed by atoms with Crippen LogP contribution in [-0.2, 0) is 20.2 Å². The molecule has 0 saturated heterocycles. The van der Waals surface area contributed by atoms with Gasteiger partial charge in [-0.2, -0.15) is 23.0 Å². The first-order chi connectivity index (χ1) is 17.4. The van der Waals surface area contributed by atoms with Gasteiger partial charge in [0.05, 0.1) is 16.8 Å². The molecule has 4 aromatic rings. The number of nitrogens with zero attached hydrogens (tertiary/aromatic N) is 6. The molecule has 0 spiro atoms. The summed E-state index contributed by atoms with van der Waals surface area (Å²) in [5.74, 6) is -1.33. The summed E-state index contributed by atoms with van der Waals surface area (Å²) in [5.41, 5.74) is 0.478. The summed E-state index contributed by atoms with van der Waals surface area (Å²) < 4.78 is 64.6. The van der Waals surface area contributed by atoms with Crippen molar-refractivity contribution >= 4 is 22.4 Å². The van der Waals surface area contributed by atoms with Crippen molar-refractivity contribution in [1.82, 2.24) is 29.1 Å². The van der Waals surface area contributed by atoms with E-state index in [2.05, 4.69) is 20.5 Å². The van der Waals surface area contributed by atoms with E-state index in [1.807, 2.05) is 0 Å². The fourth-order valence-electron chi connectivity index (χ4n) is 4.01. The average Bonchev–Trinajstić information content (AvgIpc) is 3.33. The molecule has 2 N–H and O–H groups in total. The van der Waals surface area contributed by atoms with Gasteiger partial charge in [0.1, 0.15) is 23.6 Å². The molecular weight excluding hydrogens is 498 g/mol. The molecule has 3 heterocycles. The summed E-state index contributed by atoms with van der Waals surface area (Å²) in [7, 11) is 1.41. The van der Waals surface area contributed by atoms with Gasteiger partial charge in [-0.25, -0.2) is 9.18 Å². The zero-order valence-corrected chi connectivity index (χ0v) is 20.7. The van der Waals surface area contributed by atoms with E-state index in [0.29, 0.717) is 16.1 Å². The summed E-state index contributed by atoms with van der Waals surface area (Å²) in [6.45, 7) is 5.52. The fourth-order valence-corrected chi connectivity index (χ4v) is 4.01. The molecule has 1 aromatic carbocycles. The van der Waals surface area contributed by atoms with Crippen LogP contribution in [0.2, 0.25) is 0 Å². The van der Waals surface area contributed by atoms with Crippen molar-refractivity contribution in [3.05, 3.63) is 51.7 Å². The van der Waals surface area contributed by atoms with Gasteiger partial charge < -0.3 is 15.2 Å². The van der Waals surface area contributed by atoms with Crippen LogP contribution in [0.25, 0.3) is 16.6 Å². The van der Waals surface area contributed by atoms with Crippen molar-refractivity contribution < 1.29 is 27.4 Å². The first-order valence-corrected chi connectivity index (χ1v) is 11.3. The number of aryl methyl sites for hydroxylation is 3. The van der Waals surface area contributed by atoms with E-state index in [1.165, 1.54) is 7.05 Å². The van der Waals surface area contributed by atoms with Crippen LogP contribution in [0.15, 0.2) is 23.1 Å². The Morgan fingerprint density at radius 3 is 2.51 bits per heavy atom. The molecule has 37 heavy (non-hydrogen) atoms. The minimum Gasteiger partial charge on any atom is -0.480 e. The minimum atomic E-state index is -4.72. The second-order valence-electron chi connectivity index (χ2n) is 8.43. The van der Waals surface area contributed by atoms with E-state index >= 15 is 4.39 Å². The Hall–Kier alpha value is -3.94. The summed E-state index contributed by atoms with van der Waals surface area (Å²) in [6.07, 6.45) is -5.38. The van der Waals surface area contributed by atoms with E-state index in [4.69, 9.17) is 4.74 Å². The van der Waals surface area contributed by atoms with E-state index in [0.717, 1.165) is 27.8 Å². The van der Waals surface area contributed by atoms with Crippen LogP contribution in [-0.4, -0.2) is 46.5 Å². The molecule has 0 fully saturated rings. The molecule has 10 nitrogen and oxygen atoms in total. The SMILES string of the molecule is CCn1c(CO)nn(-c2cc(O[C@@H](C)C(F)(F)F)c3c(Nc4c(C)ccnc4C)nn(C)c3c2F)c1=O. The van der Waals surface area contributed by atoms with Crippen LogP contribution in [0.5, 0.6) is 5.75 Å². The Morgan fingerprint density at radius 1 is 1.24 bits per heavy atom. The molecule has 14 heteroatoms. The highest BCUT2D eigenvalue weighted by Crippen LogP contribution is 2.40. The second kappa shape index (κ2) is 9.50. The zero-order chi connectivity index (χ0) is 27.2. The maximum atomic E-state index is 16.0. The molecule has 0 aliphatic heterocycles. The lowest BCUT2D eigenvalue weighted by Crippen LogP contribution is -2.31. The molecule has 4 rings (SSSR count). The standard InChI is InChI=1S/C23H25F4N7O3/c1-6-33-16(10-35)30-34(22(33)36)14-9-15(37-13(4)23(25,26)27)17-20(18(14)24)32(5)31-21(17)29-19-11(2)7-8-28-12(19)3/h7-9,13,35H,6,10H2,1-5H3,(H,29,31)/t13-/m0/s1. The number of ether oxygens (including phenoxy) is 1. The van der Waals surface area contributed by atoms with Crippen LogP contribution in [0, 0.1) is 19.7 Å². The monoisotopic (exact) mass is 523 g/mol. The van der Waals surface area contributed by atoms with Gasteiger partial charge in [0.15, 0.2) is 23.6 Å². The first kappa shape index (κ1) is 26.1. The fraction of sp³-hybridized carbons (Fsp3) is 0.391. The van der Waals surface area contributed by atoms with Crippen LogP contribution < -0.4 is 15.7 Å². The molecule has 3 aromatic heterocycles. The highest BCUT2D eigenvalue weighted by Gasteiger charge is 2.39. The van der Waals surface area contributed by atoms with Gasteiger partial charge in [0.2, 0.25) is 0 Å². The summed E-state index contributed by atoms with van der Waals surface area (Å²) in [5, 5.41) is 20.8. The van der Waals surface area contributed by atoms with Crippen molar-refractivity contribution in [2.24, 2.45) is 7.05 Å². The van der Waals surface area contributed by atoms with E-state index in [1.54, 1.807) is 33.0 Å². The third kappa shape index (κ3) is 4.52. The van der Waals surface area contributed by atoms with E-state index in [9.17, 15) is 23.1 Å². The predicted molar refractivity (Wildman–Crippen MR) is 127 cm³/mol. The smallest absolute Gasteiger partial charge is 0.425 e. The average molecular weight is 523 g/mol. The van der Waals surface area contributed by atoms with Crippen molar-refractivity contribution in [2.45, 2.75) is 53.1 Å². The van der Waals surface area contributed by atoms with Crippen LogP contribution in [0.4, 0.5) is 29.1 Å². The highest BCUT2D eigenvalue weighted by atomic mass is 19.4. The maximum absolute atomic E-state index is 16.0. The lowest BCUT2D eigenvalue weighted by Gasteiger charge is -2.19. The number of hydrogen-bond acceptors (Lipinski definition) is 7. The molecule has 0 saturated carbocycles. The number of nitrogens with one attached hydrogen (secondary N) is 1. The summed E-state index contributed by atoms with van der Waals surface area (Å²) in [4.78, 5) is 17.1. The number of benzene rings is 1. The van der Waals surface area contributed by atoms with Crippen LogP contribution >= 0.6 is 0 Å². The quantitative estimate of drug-likeness (QED) is 0.356. The summed E-state index contributed by atoms with van der Waals surface area (Å²) in [6, 6.07) is 2.71. The van der Waals surface area contributed by atoms with Gasteiger partial charge >= 0.3 is 11.9 Å². The van der Waals surface area contributed by atoms with Crippen molar-refractivity contribution in [3.8, 4) is 11.4 Å². The molecule has 0 radical (unpaired) electrons. The molecule has 198 valence electrons. The Bertz CT molecular complexity index is 1520. The predicted octanol–water partition coefficient (Wildman–Crippen LogP) is 3.66. The first-order valence-electron chi connectivity index (χ1n) is 11.3. The van der Waals surface area contributed by atoms with Gasteiger partial charge in [0, 0.05) is 25.9 Å². The Morgan fingerprint density at radius 2 is 1.95 bits per heavy atom. The summed E-state index contributed by atoms with van der Waals surface area (Å²) >= 11 is 0. The largest absolute Gasteiger partial charge is 0.480 e. The molecule has 0 bridgehead atoms. The van der Waals surface area contributed by atoms with E-state index in [-0.39, 0.29) is 34.8 Å². The molecule has 0 amide bonds. The molecule has 0 aliphatic carbocycles. The van der Waals surface area contributed by atoms with Crippen LogP contribution in [0.1, 0.15) is 30.9 Å². The Balaban J connectivity index is 2.01. The molecule has 1 atom stereocenters. The highest BCUT2D eigenvalue weighted by molar-refractivity contribution is 5.99. The Labute approximate surface area is 208 Å². The number of aliphatic hydroxyl groups excluding tert-OH is 1. The Kier molecular flexibility index (Phi) is 6.71. The lowest BCUT2D eigenvalue weighted by atomic mass is 10.1. The lowest BCUT2D eigenvalue weighted by molar-refractivity contribution is -0.188.